The highest BCUT2D eigenvalue weighted by Gasteiger charge is 2.20. The number of carbonyl (C=O) groups excluding carboxylic acids is 1. The van der Waals surface area contributed by atoms with Crippen molar-refractivity contribution >= 4 is 40.0 Å². The first-order valence-electron chi connectivity index (χ1n) is 9.28. The lowest BCUT2D eigenvalue weighted by Gasteiger charge is -2.10. The number of fused-ring (bicyclic) bond motifs is 1. The molecule has 0 unspecified atom stereocenters. The highest BCUT2D eigenvalue weighted by atomic mass is 32.2. The summed E-state index contributed by atoms with van der Waals surface area (Å²) in [5, 5.41) is 2.40. The topological polar surface area (TPSA) is 78.9 Å². The number of hydrogen-bond acceptors (Lipinski definition) is 6. The van der Waals surface area contributed by atoms with Crippen molar-refractivity contribution in [3.8, 4) is 0 Å². The molecule has 7 nitrogen and oxygen atoms in total. The molecule has 4 aromatic rings. The standard InChI is InChI=1S/C21H20N4O3S2/c1-13-6-8-14(9-7-13)11-25-17-18(23(2)21(28)24(3)19(17)27)22-20(25)30-12-15(26)16-5-4-10-29-16/h4-10H,11-12H2,1-3H3. The summed E-state index contributed by atoms with van der Waals surface area (Å²) in [5.74, 6) is 0.206. The lowest BCUT2D eigenvalue weighted by atomic mass is 10.1. The summed E-state index contributed by atoms with van der Waals surface area (Å²) in [6, 6.07) is 11.7. The lowest BCUT2D eigenvalue weighted by Crippen LogP contribution is -2.37. The van der Waals surface area contributed by atoms with Gasteiger partial charge in [-0.1, -0.05) is 47.7 Å². The molecule has 154 valence electrons. The Balaban J connectivity index is 1.81. The van der Waals surface area contributed by atoms with E-state index in [1.807, 2.05) is 42.6 Å². The molecule has 0 N–H and O–H groups in total. The Morgan fingerprint density at radius 2 is 1.83 bits per heavy atom. The molecule has 0 amide bonds. The molecule has 0 spiro atoms. The number of benzene rings is 1. The fourth-order valence-electron chi connectivity index (χ4n) is 3.20. The Kier molecular flexibility index (Phi) is 5.48. The number of hydrogen-bond donors (Lipinski definition) is 0. The highest BCUT2D eigenvalue weighted by molar-refractivity contribution is 7.99. The van der Waals surface area contributed by atoms with Crippen molar-refractivity contribution in [2.24, 2.45) is 14.1 Å². The van der Waals surface area contributed by atoms with Gasteiger partial charge in [-0.3, -0.25) is 18.7 Å². The third kappa shape index (κ3) is 3.66. The van der Waals surface area contributed by atoms with Gasteiger partial charge in [0.1, 0.15) is 0 Å². The van der Waals surface area contributed by atoms with Gasteiger partial charge in [0.25, 0.3) is 5.56 Å². The summed E-state index contributed by atoms with van der Waals surface area (Å²) < 4.78 is 4.25. The van der Waals surface area contributed by atoms with E-state index in [1.54, 1.807) is 17.7 Å². The zero-order valence-electron chi connectivity index (χ0n) is 16.8. The Hall–Kier alpha value is -2.91. The predicted octanol–water partition coefficient (Wildman–Crippen LogP) is 2.83. The normalized spacial score (nSPS) is 11.3. The van der Waals surface area contributed by atoms with E-state index in [0.717, 1.165) is 15.7 Å². The number of rotatable bonds is 6. The minimum Gasteiger partial charge on any atom is -0.309 e. The Morgan fingerprint density at radius 1 is 1.10 bits per heavy atom. The van der Waals surface area contributed by atoms with Crippen molar-refractivity contribution in [2.75, 3.05) is 5.75 Å². The summed E-state index contributed by atoms with van der Waals surface area (Å²) in [5.41, 5.74) is 1.99. The number of Topliss-reactive ketones (excluding diaryl/α,β-unsaturated/α-hetero) is 1. The van der Waals surface area contributed by atoms with Crippen LogP contribution in [0.15, 0.2) is 56.5 Å². The van der Waals surface area contributed by atoms with Gasteiger partial charge in [-0.25, -0.2) is 9.78 Å². The molecule has 0 fully saturated rings. The number of nitrogens with zero attached hydrogens (tertiary/aromatic N) is 4. The lowest BCUT2D eigenvalue weighted by molar-refractivity contribution is 0.102. The molecular weight excluding hydrogens is 420 g/mol. The van der Waals surface area contributed by atoms with Gasteiger partial charge < -0.3 is 4.57 Å². The summed E-state index contributed by atoms with van der Waals surface area (Å²) in [6.07, 6.45) is 0. The minimum atomic E-state index is -0.432. The van der Waals surface area contributed by atoms with Crippen LogP contribution in [0.4, 0.5) is 0 Å². The van der Waals surface area contributed by atoms with Gasteiger partial charge in [0.05, 0.1) is 17.2 Å². The number of imidazole rings is 1. The van der Waals surface area contributed by atoms with Crippen LogP contribution in [-0.4, -0.2) is 30.2 Å². The Labute approximate surface area is 180 Å². The largest absolute Gasteiger partial charge is 0.332 e. The second kappa shape index (κ2) is 8.08. The molecule has 9 heteroatoms. The van der Waals surface area contributed by atoms with E-state index < -0.39 is 11.2 Å². The molecule has 0 saturated carbocycles. The molecule has 0 aliphatic carbocycles. The summed E-state index contributed by atoms with van der Waals surface area (Å²) in [7, 11) is 3.05. The van der Waals surface area contributed by atoms with Crippen molar-refractivity contribution in [1.29, 1.82) is 0 Å². The predicted molar refractivity (Wildman–Crippen MR) is 120 cm³/mol. The highest BCUT2D eigenvalue weighted by Crippen LogP contribution is 2.24. The molecule has 3 heterocycles. The van der Waals surface area contributed by atoms with Crippen LogP contribution < -0.4 is 11.2 Å². The maximum atomic E-state index is 12.9. The molecule has 0 saturated heterocycles. The van der Waals surface area contributed by atoms with E-state index in [9.17, 15) is 14.4 Å². The number of thiophene rings is 1. The van der Waals surface area contributed by atoms with E-state index in [4.69, 9.17) is 0 Å². The first-order chi connectivity index (χ1) is 14.4. The van der Waals surface area contributed by atoms with E-state index in [-0.39, 0.29) is 11.5 Å². The molecule has 0 bridgehead atoms. The van der Waals surface area contributed by atoms with Crippen molar-refractivity contribution in [3.05, 3.63) is 78.6 Å². The van der Waals surface area contributed by atoms with Crippen LogP contribution >= 0.6 is 23.1 Å². The fourth-order valence-corrected chi connectivity index (χ4v) is 4.83. The molecular formula is C21H20N4O3S2. The van der Waals surface area contributed by atoms with Crippen LogP contribution in [0, 0.1) is 6.92 Å². The van der Waals surface area contributed by atoms with Crippen molar-refractivity contribution in [1.82, 2.24) is 18.7 Å². The Morgan fingerprint density at radius 3 is 2.50 bits per heavy atom. The average Bonchev–Trinajstić information content (AvgIpc) is 3.39. The first-order valence-corrected chi connectivity index (χ1v) is 11.1. The summed E-state index contributed by atoms with van der Waals surface area (Å²) in [6.45, 7) is 2.43. The second-order valence-corrected chi connectivity index (χ2v) is 8.92. The van der Waals surface area contributed by atoms with Crippen molar-refractivity contribution in [3.63, 3.8) is 0 Å². The zero-order valence-corrected chi connectivity index (χ0v) is 18.4. The first kappa shape index (κ1) is 20.4. The van der Waals surface area contributed by atoms with Gasteiger partial charge in [-0.15, -0.1) is 11.3 Å². The molecule has 0 radical (unpaired) electrons. The van der Waals surface area contributed by atoms with Crippen LogP contribution in [0.1, 0.15) is 20.8 Å². The fraction of sp³-hybridized carbons (Fsp3) is 0.238. The number of thioether (sulfide) groups is 1. The van der Waals surface area contributed by atoms with E-state index in [1.165, 1.54) is 34.7 Å². The minimum absolute atomic E-state index is 0.00531. The quantitative estimate of drug-likeness (QED) is 0.340. The molecule has 0 aliphatic heterocycles. The van der Waals surface area contributed by atoms with Gasteiger partial charge in [0, 0.05) is 14.1 Å². The second-order valence-electron chi connectivity index (χ2n) is 7.03. The zero-order chi connectivity index (χ0) is 21.4. The molecule has 1 aromatic carbocycles. The van der Waals surface area contributed by atoms with E-state index in [0.29, 0.717) is 27.7 Å². The molecule has 30 heavy (non-hydrogen) atoms. The number of carbonyl (C=O) groups is 1. The maximum absolute atomic E-state index is 12.9. The summed E-state index contributed by atoms with van der Waals surface area (Å²) >= 11 is 2.68. The number of ketones is 1. The molecule has 3 aromatic heterocycles. The van der Waals surface area contributed by atoms with Gasteiger partial charge in [-0.05, 0) is 23.9 Å². The maximum Gasteiger partial charge on any atom is 0.332 e. The van der Waals surface area contributed by atoms with Crippen LogP contribution in [0.3, 0.4) is 0 Å². The van der Waals surface area contributed by atoms with E-state index >= 15 is 0 Å². The van der Waals surface area contributed by atoms with Crippen molar-refractivity contribution in [2.45, 2.75) is 18.6 Å². The van der Waals surface area contributed by atoms with Gasteiger partial charge >= 0.3 is 5.69 Å². The summed E-state index contributed by atoms with van der Waals surface area (Å²) in [4.78, 5) is 43.0. The SMILES string of the molecule is Cc1ccc(Cn2c(SCC(=O)c3cccs3)nc3c2c(=O)n(C)c(=O)n3C)cc1. The smallest absolute Gasteiger partial charge is 0.309 e. The average molecular weight is 441 g/mol. The van der Waals surface area contributed by atoms with Crippen molar-refractivity contribution < 1.29 is 4.79 Å². The number of aromatic nitrogens is 4. The van der Waals surface area contributed by atoms with Crippen LogP contribution in [-0.2, 0) is 20.6 Å². The van der Waals surface area contributed by atoms with Gasteiger partial charge in [0.2, 0.25) is 0 Å². The van der Waals surface area contributed by atoms with Gasteiger partial charge in [-0.2, -0.15) is 0 Å². The van der Waals surface area contributed by atoms with Crippen LogP contribution in [0.5, 0.6) is 0 Å². The van der Waals surface area contributed by atoms with E-state index in [2.05, 4.69) is 4.98 Å². The third-order valence-electron chi connectivity index (χ3n) is 4.90. The number of aryl methyl sites for hydroxylation is 2. The monoisotopic (exact) mass is 440 g/mol. The van der Waals surface area contributed by atoms with Gasteiger partial charge in [0.15, 0.2) is 22.1 Å². The molecule has 4 rings (SSSR count). The van der Waals surface area contributed by atoms with Crippen LogP contribution in [0.25, 0.3) is 11.2 Å². The Bertz CT molecular complexity index is 1350. The molecule has 0 aliphatic rings. The third-order valence-corrected chi connectivity index (χ3v) is 6.79. The van der Waals surface area contributed by atoms with Crippen LogP contribution in [0.2, 0.25) is 0 Å². The molecule has 0 atom stereocenters.